The molecule has 1 amide bonds. The van der Waals surface area contributed by atoms with Crippen LogP contribution in [0.2, 0.25) is 0 Å². The lowest BCUT2D eigenvalue weighted by Gasteiger charge is -2.11. The summed E-state index contributed by atoms with van der Waals surface area (Å²) in [7, 11) is 0. The van der Waals surface area contributed by atoms with Crippen LogP contribution in [0, 0.1) is 0 Å². The second-order valence-corrected chi connectivity index (χ2v) is 2.51. The largest absolute Gasteiger partial charge is 0.573 e. The molecule has 0 atom stereocenters. The van der Waals surface area contributed by atoms with Crippen molar-refractivity contribution in [1.29, 1.82) is 0 Å². The Labute approximate surface area is 81.8 Å². The van der Waals surface area contributed by atoms with E-state index >= 15 is 0 Å². The second kappa shape index (κ2) is 3.64. The number of alkyl halides is 3. The van der Waals surface area contributed by atoms with E-state index in [4.69, 9.17) is 11.5 Å². The molecular weight excluding hydrogens is 215 g/mol. The summed E-state index contributed by atoms with van der Waals surface area (Å²) in [5.41, 5.74) is 9.26. The molecule has 0 aliphatic carbocycles. The van der Waals surface area contributed by atoms with E-state index in [0.29, 0.717) is 0 Å². The van der Waals surface area contributed by atoms with Gasteiger partial charge >= 0.3 is 6.36 Å². The number of primary amides is 1. The molecular formula is C7H6F3N3O2. The minimum atomic E-state index is -4.90. The minimum absolute atomic E-state index is 0.322. The molecule has 1 heterocycles. The Bertz CT molecular complexity index is 392. The van der Waals surface area contributed by atoms with E-state index in [2.05, 4.69) is 9.72 Å². The number of aromatic nitrogens is 1. The van der Waals surface area contributed by atoms with Crippen LogP contribution >= 0.6 is 0 Å². The zero-order valence-electron chi connectivity index (χ0n) is 7.21. The van der Waals surface area contributed by atoms with Crippen molar-refractivity contribution >= 4 is 11.6 Å². The molecule has 0 aromatic carbocycles. The van der Waals surface area contributed by atoms with Crippen LogP contribution < -0.4 is 16.2 Å². The predicted molar refractivity (Wildman–Crippen MR) is 43.9 cm³/mol. The van der Waals surface area contributed by atoms with E-state index in [0.717, 1.165) is 12.4 Å². The van der Waals surface area contributed by atoms with Gasteiger partial charge in [-0.05, 0) is 0 Å². The fourth-order valence-electron chi connectivity index (χ4n) is 0.854. The van der Waals surface area contributed by atoms with Crippen LogP contribution in [0.1, 0.15) is 10.4 Å². The van der Waals surface area contributed by atoms with E-state index in [-0.39, 0.29) is 5.56 Å². The van der Waals surface area contributed by atoms with Crippen molar-refractivity contribution in [2.24, 2.45) is 5.73 Å². The monoisotopic (exact) mass is 221 g/mol. The van der Waals surface area contributed by atoms with Crippen molar-refractivity contribution in [3.05, 3.63) is 18.0 Å². The number of hydrogen-bond donors (Lipinski definition) is 2. The van der Waals surface area contributed by atoms with Gasteiger partial charge < -0.3 is 16.2 Å². The number of hydrogen-bond acceptors (Lipinski definition) is 4. The standard InChI is InChI=1S/C7H6F3N3O2/c8-7(9,10)15-4-2-13-1-3(5(4)11)6(12)14/h1-2H,(H2,11,13)(H2,12,14). The molecule has 0 aliphatic heterocycles. The van der Waals surface area contributed by atoms with E-state index in [1.165, 1.54) is 0 Å². The average molecular weight is 221 g/mol. The molecule has 0 spiro atoms. The van der Waals surface area contributed by atoms with Crippen LogP contribution in [-0.2, 0) is 0 Å². The maximum Gasteiger partial charge on any atom is 0.573 e. The third-order valence-electron chi connectivity index (χ3n) is 1.44. The first-order chi connectivity index (χ1) is 6.81. The number of rotatable bonds is 2. The smallest absolute Gasteiger partial charge is 0.402 e. The Morgan fingerprint density at radius 2 is 2.00 bits per heavy atom. The number of carbonyl (C=O) groups is 1. The van der Waals surface area contributed by atoms with Gasteiger partial charge in [-0.25, -0.2) is 0 Å². The molecule has 1 aromatic rings. The number of carbonyl (C=O) groups excluding carboxylic acids is 1. The van der Waals surface area contributed by atoms with E-state index in [1.54, 1.807) is 0 Å². The summed E-state index contributed by atoms with van der Waals surface area (Å²) >= 11 is 0. The van der Waals surface area contributed by atoms with Gasteiger partial charge in [-0.3, -0.25) is 9.78 Å². The fraction of sp³-hybridized carbons (Fsp3) is 0.143. The average Bonchev–Trinajstić information content (AvgIpc) is 2.05. The number of nitrogens with zero attached hydrogens (tertiary/aromatic N) is 1. The lowest BCUT2D eigenvalue weighted by molar-refractivity contribution is -0.274. The lowest BCUT2D eigenvalue weighted by Crippen LogP contribution is -2.20. The molecule has 0 fully saturated rings. The van der Waals surface area contributed by atoms with Gasteiger partial charge in [0.15, 0.2) is 5.75 Å². The molecule has 0 bridgehead atoms. The summed E-state index contributed by atoms with van der Waals surface area (Å²) in [6.07, 6.45) is -3.19. The Morgan fingerprint density at radius 1 is 1.40 bits per heavy atom. The molecule has 4 N–H and O–H groups in total. The molecule has 0 unspecified atom stereocenters. The quantitative estimate of drug-likeness (QED) is 0.767. The van der Waals surface area contributed by atoms with Crippen molar-refractivity contribution in [3.8, 4) is 5.75 Å². The molecule has 82 valence electrons. The third-order valence-corrected chi connectivity index (χ3v) is 1.44. The number of pyridine rings is 1. The summed E-state index contributed by atoms with van der Waals surface area (Å²) in [4.78, 5) is 14.1. The van der Waals surface area contributed by atoms with Crippen molar-refractivity contribution in [2.45, 2.75) is 6.36 Å². The van der Waals surface area contributed by atoms with Crippen LogP contribution in [0.4, 0.5) is 18.9 Å². The molecule has 8 heteroatoms. The van der Waals surface area contributed by atoms with Gasteiger partial charge in [0.1, 0.15) is 0 Å². The minimum Gasteiger partial charge on any atom is -0.402 e. The zero-order chi connectivity index (χ0) is 11.6. The van der Waals surface area contributed by atoms with Crippen molar-refractivity contribution in [2.75, 3.05) is 5.73 Å². The summed E-state index contributed by atoms with van der Waals surface area (Å²) < 4.78 is 39.0. The van der Waals surface area contributed by atoms with E-state index in [9.17, 15) is 18.0 Å². The SMILES string of the molecule is NC(=O)c1cncc(OC(F)(F)F)c1N. The van der Waals surface area contributed by atoms with Gasteiger partial charge in [-0.1, -0.05) is 0 Å². The van der Waals surface area contributed by atoms with E-state index in [1.807, 2.05) is 0 Å². The van der Waals surface area contributed by atoms with Gasteiger partial charge in [-0.2, -0.15) is 0 Å². The fourth-order valence-corrected chi connectivity index (χ4v) is 0.854. The molecule has 0 aliphatic rings. The molecule has 5 nitrogen and oxygen atoms in total. The molecule has 15 heavy (non-hydrogen) atoms. The normalized spacial score (nSPS) is 11.1. The first-order valence-electron chi connectivity index (χ1n) is 3.60. The highest BCUT2D eigenvalue weighted by Gasteiger charge is 2.32. The van der Waals surface area contributed by atoms with Gasteiger partial charge in [0.25, 0.3) is 5.91 Å². The number of anilines is 1. The van der Waals surface area contributed by atoms with Crippen LogP contribution in [0.3, 0.4) is 0 Å². The highest BCUT2D eigenvalue weighted by atomic mass is 19.4. The van der Waals surface area contributed by atoms with Crippen molar-refractivity contribution < 1.29 is 22.7 Å². The van der Waals surface area contributed by atoms with Gasteiger partial charge in [0.05, 0.1) is 17.4 Å². The van der Waals surface area contributed by atoms with Crippen LogP contribution in [0.25, 0.3) is 0 Å². The predicted octanol–water partition coefficient (Wildman–Crippen LogP) is 0.661. The summed E-state index contributed by atoms with van der Waals surface area (Å²) in [5.74, 6) is -1.73. The van der Waals surface area contributed by atoms with Crippen LogP contribution in [0.15, 0.2) is 12.4 Å². The maximum atomic E-state index is 11.8. The molecule has 0 saturated carbocycles. The Hall–Kier alpha value is -1.99. The number of amides is 1. The highest BCUT2D eigenvalue weighted by molar-refractivity contribution is 5.98. The van der Waals surface area contributed by atoms with Gasteiger partial charge in [-0.15, -0.1) is 13.2 Å². The molecule has 0 saturated heterocycles. The van der Waals surface area contributed by atoms with Crippen LogP contribution in [-0.4, -0.2) is 17.3 Å². The first kappa shape index (κ1) is 11.1. The van der Waals surface area contributed by atoms with Crippen molar-refractivity contribution in [3.63, 3.8) is 0 Å². The van der Waals surface area contributed by atoms with E-state index < -0.39 is 23.7 Å². The molecule has 0 radical (unpaired) electrons. The van der Waals surface area contributed by atoms with Gasteiger partial charge in [0.2, 0.25) is 0 Å². The number of nitrogens with two attached hydrogens (primary N) is 2. The zero-order valence-corrected chi connectivity index (χ0v) is 7.21. The third kappa shape index (κ3) is 2.73. The molecule has 1 rings (SSSR count). The summed E-state index contributed by atoms with van der Waals surface area (Å²) in [5, 5.41) is 0. The maximum absolute atomic E-state index is 11.8. The highest BCUT2D eigenvalue weighted by Crippen LogP contribution is 2.29. The Morgan fingerprint density at radius 3 is 2.47 bits per heavy atom. The number of nitrogen functional groups attached to an aromatic ring is 1. The summed E-state index contributed by atoms with van der Waals surface area (Å²) in [6.45, 7) is 0. The van der Waals surface area contributed by atoms with Crippen molar-refractivity contribution in [1.82, 2.24) is 4.98 Å². The number of halogens is 3. The number of ether oxygens (including phenoxy) is 1. The second-order valence-electron chi connectivity index (χ2n) is 2.51. The lowest BCUT2D eigenvalue weighted by atomic mass is 10.2. The molecule has 1 aromatic heterocycles. The first-order valence-corrected chi connectivity index (χ1v) is 3.60. The topological polar surface area (TPSA) is 91.2 Å². The summed E-state index contributed by atoms with van der Waals surface area (Å²) in [6, 6.07) is 0. The Balaban J connectivity index is 3.10. The Kier molecular flexibility index (Phi) is 2.69. The van der Waals surface area contributed by atoms with Gasteiger partial charge in [0, 0.05) is 6.20 Å². The van der Waals surface area contributed by atoms with Crippen LogP contribution in [0.5, 0.6) is 5.75 Å².